The minimum Gasteiger partial charge on any atom is -0.380 e. The van der Waals surface area contributed by atoms with Crippen molar-refractivity contribution >= 4 is 29.9 Å². The zero-order valence-corrected chi connectivity index (χ0v) is 21.2. The summed E-state index contributed by atoms with van der Waals surface area (Å²) in [6.07, 6.45) is 2.41. The highest BCUT2D eigenvalue weighted by molar-refractivity contribution is 14.0. The molecule has 1 fully saturated rings. The Morgan fingerprint density at radius 1 is 1.06 bits per heavy atom. The van der Waals surface area contributed by atoms with Gasteiger partial charge in [0.05, 0.1) is 19.3 Å². The standard InChI is InChI=1S/C25H35N3O2.HI/c1-4-26-25(27-16-20-9-11-21(12-10-20)18-29-3)28-17-23-6-5-15-30-24(23)22-13-7-19(2)8-14-22;/h7-14,23-24H,4-6,15-18H2,1-3H3,(H2,26,27,28);1H. The number of aliphatic imine (C=N–C) groups is 1. The second kappa shape index (κ2) is 13.7. The molecule has 0 aromatic heterocycles. The van der Waals surface area contributed by atoms with E-state index in [1.165, 1.54) is 22.3 Å². The molecule has 0 aliphatic carbocycles. The van der Waals surface area contributed by atoms with Crippen LogP contribution in [0.1, 0.15) is 48.1 Å². The largest absolute Gasteiger partial charge is 0.380 e. The molecular weight excluding hydrogens is 501 g/mol. The first-order valence-electron chi connectivity index (χ1n) is 11.0. The van der Waals surface area contributed by atoms with Crippen LogP contribution in [-0.2, 0) is 22.6 Å². The molecule has 1 heterocycles. The fourth-order valence-corrected chi connectivity index (χ4v) is 3.82. The zero-order valence-electron chi connectivity index (χ0n) is 18.9. The van der Waals surface area contributed by atoms with Gasteiger partial charge >= 0.3 is 0 Å². The molecule has 0 spiro atoms. The molecule has 2 N–H and O–H groups in total. The van der Waals surface area contributed by atoms with Gasteiger partial charge in [-0.2, -0.15) is 0 Å². The van der Waals surface area contributed by atoms with Gasteiger partial charge in [0.15, 0.2) is 5.96 Å². The Kier molecular flexibility index (Phi) is 11.3. The number of ether oxygens (including phenoxy) is 2. The lowest BCUT2D eigenvalue weighted by Crippen LogP contribution is -2.42. The molecule has 5 nitrogen and oxygen atoms in total. The van der Waals surface area contributed by atoms with Crippen molar-refractivity contribution in [1.82, 2.24) is 10.6 Å². The van der Waals surface area contributed by atoms with Gasteiger partial charge < -0.3 is 20.1 Å². The number of hydrogen-bond acceptors (Lipinski definition) is 3. The molecule has 2 unspecified atom stereocenters. The van der Waals surface area contributed by atoms with Crippen LogP contribution in [0, 0.1) is 12.8 Å². The number of halogens is 1. The van der Waals surface area contributed by atoms with Crippen LogP contribution in [0.15, 0.2) is 53.5 Å². The number of aryl methyl sites for hydroxylation is 1. The van der Waals surface area contributed by atoms with Gasteiger partial charge in [0, 0.05) is 32.7 Å². The van der Waals surface area contributed by atoms with Crippen LogP contribution in [0.5, 0.6) is 0 Å². The van der Waals surface area contributed by atoms with E-state index >= 15 is 0 Å². The van der Waals surface area contributed by atoms with E-state index < -0.39 is 0 Å². The van der Waals surface area contributed by atoms with E-state index in [-0.39, 0.29) is 30.1 Å². The first-order chi connectivity index (χ1) is 14.7. The summed E-state index contributed by atoms with van der Waals surface area (Å²) in [6, 6.07) is 17.2. The Labute approximate surface area is 204 Å². The van der Waals surface area contributed by atoms with Crippen molar-refractivity contribution in [2.45, 2.75) is 45.9 Å². The number of nitrogens with zero attached hydrogens (tertiary/aromatic N) is 1. The van der Waals surface area contributed by atoms with Gasteiger partial charge in [-0.1, -0.05) is 54.1 Å². The lowest BCUT2D eigenvalue weighted by molar-refractivity contribution is -0.0265. The molecule has 3 rings (SSSR count). The number of nitrogens with one attached hydrogen (secondary N) is 2. The first-order valence-corrected chi connectivity index (χ1v) is 11.0. The van der Waals surface area contributed by atoms with Crippen molar-refractivity contribution in [3.05, 3.63) is 70.8 Å². The van der Waals surface area contributed by atoms with Crippen LogP contribution in [-0.4, -0.2) is 32.8 Å². The minimum atomic E-state index is 0. The molecule has 0 radical (unpaired) electrons. The van der Waals surface area contributed by atoms with E-state index in [4.69, 9.17) is 14.5 Å². The van der Waals surface area contributed by atoms with Crippen molar-refractivity contribution in [3.8, 4) is 0 Å². The Hall–Kier alpha value is -1.64. The SMILES string of the molecule is CCNC(=NCc1ccc(COC)cc1)NCC1CCCOC1c1ccc(C)cc1.I. The fourth-order valence-electron chi connectivity index (χ4n) is 3.82. The predicted molar refractivity (Wildman–Crippen MR) is 138 cm³/mol. The third-order valence-electron chi connectivity index (χ3n) is 5.48. The molecule has 170 valence electrons. The third-order valence-corrected chi connectivity index (χ3v) is 5.48. The van der Waals surface area contributed by atoms with Gasteiger partial charge in [-0.25, -0.2) is 4.99 Å². The van der Waals surface area contributed by atoms with E-state index in [2.05, 4.69) is 73.0 Å². The minimum absolute atomic E-state index is 0. The van der Waals surface area contributed by atoms with Gasteiger partial charge in [-0.05, 0) is 43.4 Å². The van der Waals surface area contributed by atoms with E-state index in [9.17, 15) is 0 Å². The van der Waals surface area contributed by atoms with Gasteiger partial charge in [0.1, 0.15) is 0 Å². The summed E-state index contributed by atoms with van der Waals surface area (Å²) in [7, 11) is 1.72. The van der Waals surface area contributed by atoms with Crippen molar-refractivity contribution in [2.24, 2.45) is 10.9 Å². The molecule has 1 aliphatic heterocycles. The van der Waals surface area contributed by atoms with Crippen molar-refractivity contribution in [2.75, 3.05) is 26.8 Å². The number of guanidine groups is 1. The molecule has 6 heteroatoms. The summed E-state index contributed by atoms with van der Waals surface area (Å²) in [5.41, 5.74) is 4.91. The maximum absolute atomic E-state index is 6.16. The molecule has 0 saturated carbocycles. The average molecular weight is 537 g/mol. The molecular formula is C25H36IN3O2. The highest BCUT2D eigenvalue weighted by Gasteiger charge is 2.27. The van der Waals surface area contributed by atoms with Crippen molar-refractivity contribution in [3.63, 3.8) is 0 Å². The lowest BCUT2D eigenvalue weighted by atomic mass is 9.89. The quantitative estimate of drug-likeness (QED) is 0.283. The fraction of sp³-hybridized carbons (Fsp3) is 0.480. The molecule has 2 atom stereocenters. The molecule has 31 heavy (non-hydrogen) atoms. The lowest BCUT2D eigenvalue weighted by Gasteiger charge is -2.32. The number of rotatable bonds is 8. The molecule has 2 aromatic rings. The van der Waals surface area contributed by atoms with Gasteiger partial charge in [-0.15, -0.1) is 24.0 Å². The van der Waals surface area contributed by atoms with Gasteiger partial charge in [0.2, 0.25) is 0 Å². The summed E-state index contributed by atoms with van der Waals surface area (Å²) in [4.78, 5) is 4.78. The van der Waals surface area contributed by atoms with Gasteiger partial charge in [-0.3, -0.25) is 0 Å². The Morgan fingerprint density at radius 2 is 1.77 bits per heavy atom. The summed E-state index contributed by atoms with van der Waals surface area (Å²) in [6.45, 7) is 8.01. The van der Waals surface area contributed by atoms with Crippen molar-refractivity contribution in [1.29, 1.82) is 0 Å². The molecule has 1 saturated heterocycles. The Bertz CT molecular complexity index is 793. The monoisotopic (exact) mass is 537 g/mol. The highest BCUT2D eigenvalue weighted by atomic mass is 127. The predicted octanol–water partition coefficient (Wildman–Crippen LogP) is 4.98. The van der Waals surface area contributed by atoms with E-state index in [0.29, 0.717) is 19.1 Å². The molecule has 2 aromatic carbocycles. The topological polar surface area (TPSA) is 54.9 Å². The van der Waals surface area contributed by atoms with E-state index in [1.54, 1.807) is 7.11 Å². The summed E-state index contributed by atoms with van der Waals surface area (Å²) < 4.78 is 11.3. The molecule has 0 bridgehead atoms. The smallest absolute Gasteiger partial charge is 0.191 e. The second-order valence-corrected chi connectivity index (χ2v) is 7.93. The Balaban J connectivity index is 0.00000341. The second-order valence-electron chi connectivity index (χ2n) is 7.93. The Morgan fingerprint density at radius 3 is 2.45 bits per heavy atom. The number of benzene rings is 2. The summed E-state index contributed by atoms with van der Waals surface area (Å²) in [5.74, 6) is 1.28. The van der Waals surface area contributed by atoms with Gasteiger partial charge in [0.25, 0.3) is 0 Å². The van der Waals surface area contributed by atoms with Crippen LogP contribution in [0.25, 0.3) is 0 Å². The first kappa shape index (κ1) is 25.6. The van der Waals surface area contributed by atoms with Crippen LogP contribution < -0.4 is 10.6 Å². The van der Waals surface area contributed by atoms with E-state index in [1.807, 2.05) is 0 Å². The van der Waals surface area contributed by atoms with Crippen LogP contribution in [0.4, 0.5) is 0 Å². The molecule has 1 aliphatic rings. The number of methoxy groups -OCH3 is 1. The maximum atomic E-state index is 6.16. The van der Waals surface area contributed by atoms with Crippen LogP contribution in [0.2, 0.25) is 0 Å². The van der Waals surface area contributed by atoms with Crippen LogP contribution in [0.3, 0.4) is 0 Å². The normalized spacial score (nSPS) is 18.9. The maximum Gasteiger partial charge on any atom is 0.191 e. The highest BCUT2D eigenvalue weighted by Crippen LogP contribution is 2.33. The molecule has 0 amide bonds. The van der Waals surface area contributed by atoms with Crippen molar-refractivity contribution < 1.29 is 9.47 Å². The average Bonchev–Trinajstić information content (AvgIpc) is 2.78. The van der Waals surface area contributed by atoms with E-state index in [0.717, 1.165) is 38.5 Å². The zero-order chi connectivity index (χ0) is 21.2. The summed E-state index contributed by atoms with van der Waals surface area (Å²) in [5, 5.41) is 6.91. The third kappa shape index (κ3) is 8.09. The number of hydrogen-bond donors (Lipinski definition) is 2. The van der Waals surface area contributed by atoms with Crippen LogP contribution >= 0.6 is 24.0 Å². The summed E-state index contributed by atoms with van der Waals surface area (Å²) >= 11 is 0.